The average molecular weight is 243 g/mol. The van der Waals surface area contributed by atoms with Gasteiger partial charge in [-0.1, -0.05) is 35.0 Å². The van der Waals surface area contributed by atoms with Gasteiger partial charge in [0.2, 0.25) is 0 Å². The molecule has 0 radical (unpaired) electrons. The van der Waals surface area contributed by atoms with Crippen LogP contribution in [0.3, 0.4) is 0 Å². The minimum Gasteiger partial charge on any atom is -0.396 e. The molecule has 0 spiro atoms. The average Bonchev–Trinajstić information content (AvgIpc) is 2.04. The summed E-state index contributed by atoms with van der Waals surface area (Å²) >= 11 is 3.44. The summed E-state index contributed by atoms with van der Waals surface area (Å²) in [6.45, 7) is 2.45. The third kappa shape index (κ3) is 3.92. The number of halogens is 1. The van der Waals surface area contributed by atoms with Crippen LogP contribution in [0.4, 0.5) is 0 Å². The molecule has 0 fully saturated rings. The van der Waals surface area contributed by atoms with E-state index >= 15 is 0 Å². The molecule has 1 rings (SSSR count). The molecule has 0 heterocycles. The molecule has 0 amide bonds. The molecule has 0 aliphatic carbocycles. The summed E-state index contributed by atoms with van der Waals surface area (Å²) in [6, 6.07) is 8.33. The van der Waals surface area contributed by atoms with E-state index < -0.39 is 0 Å². The third-order valence-corrected chi connectivity index (χ3v) is 2.59. The monoisotopic (exact) mass is 242 g/mol. The molecule has 13 heavy (non-hydrogen) atoms. The van der Waals surface area contributed by atoms with Crippen LogP contribution in [0.15, 0.2) is 28.7 Å². The van der Waals surface area contributed by atoms with Crippen molar-refractivity contribution in [1.29, 1.82) is 0 Å². The summed E-state index contributed by atoms with van der Waals surface area (Å²) in [4.78, 5) is 0. The van der Waals surface area contributed by atoms with Crippen LogP contribution in [0.5, 0.6) is 0 Å². The third-order valence-electron chi connectivity index (χ3n) is 2.10. The Morgan fingerprint density at radius 1 is 1.46 bits per heavy atom. The molecular weight excluding hydrogens is 228 g/mol. The van der Waals surface area contributed by atoms with Gasteiger partial charge in [-0.05, 0) is 36.5 Å². The van der Waals surface area contributed by atoms with Crippen molar-refractivity contribution in [2.45, 2.75) is 19.8 Å². The molecule has 0 aliphatic heterocycles. The van der Waals surface area contributed by atoms with E-state index in [-0.39, 0.29) is 6.61 Å². The lowest BCUT2D eigenvalue weighted by Gasteiger charge is -2.09. The summed E-state index contributed by atoms with van der Waals surface area (Å²) in [6.07, 6.45) is 1.92. The number of aliphatic hydroxyl groups is 1. The van der Waals surface area contributed by atoms with E-state index in [1.165, 1.54) is 5.56 Å². The standard InChI is InChI=1S/C11H15BrO/c1-9(5-6-13)7-10-3-2-4-11(12)8-10/h2-4,8-9,13H,5-7H2,1H3. The van der Waals surface area contributed by atoms with Crippen molar-refractivity contribution in [1.82, 2.24) is 0 Å². The SMILES string of the molecule is CC(CCO)Cc1cccc(Br)c1. The number of hydrogen-bond donors (Lipinski definition) is 1. The Morgan fingerprint density at radius 2 is 2.23 bits per heavy atom. The zero-order valence-corrected chi connectivity index (χ0v) is 9.42. The topological polar surface area (TPSA) is 20.2 Å². The molecule has 1 aromatic carbocycles. The molecule has 1 nitrogen and oxygen atoms in total. The van der Waals surface area contributed by atoms with Crippen molar-refractivity contribution >= 4 is 15.9 Å². The van der Waals surface area contributed by atoms with Crippen LogP contribution in [0, 0.1) is 5.92 Å². The number of aliphatic hydroxyl groups excluding tert-OH is 1. The maximum Gasteiger partial charge on any atom is 0.0433 e. The summed E-state index contributed by atoms with van der Waals surface area (Å²) in [5, 5.41) is 8.76. The fourth-order valence-electron chi connectivity index (χ4n) is 1.39. The second-order valence-corrected chi connectivity index (χ2v) is 4.37. The van der Waals surface area contributed by atoms with Crippen LogP contribution >= 0.6 is 15.9 Å². The highest BCUT2D eigenvalue weighted by Crippen LogP contribution is 2.16. The van der Waals surface area contributed by atoms with E-state index in [0.717, 1.165) is 17.3 Å². The maximum absolute atomic E-state index is 8.76. The van der Waals surface area contributed by atoms with Crippen LogP contribution in [0.25, 0.3) is 0 Å². The van der Waals surface area contributed by atoms with Gasteiger partial charge in [-0.2, -0.15) is 0 Å². The van der Waals surface area contributed by atoms with Crippen LogP contribution < -0.4 is 0 Å². The Labute approximate surface area is 87.9 Å². The van der Waals surface area contributed by atoms with Gasteiger partial charge in [0, 0.05) is 11.1 Å². The largest absolute Gasteiger partial charge is 0.396 e. The Balaban J connectivity index is 2.53. The molecule has 0 saturated heterocycles. The zero-order chi connectivity index (χ0) is 9.68. The van der Waals surface area contributed by atoms with Gasteiger partial charge in [-0.3, -0.25) is 0 Å². The van der Waals surface area contributed by atoms with Crippen LogP contribution in [-0.4, -0.2) is 11.7 Å². The van der Waals surface area contributed by atoms with Crippen molar-refractivity contribution in [3.05, 3.63) is 34.3 Å². The van der Waals surface area contributed by atoms with E-state index in [0.29, 0.717) is 5.92 Å². The molecular formula is C11H15BrO. The van der Waals surface area contributed by atoms with E-state index in [1.807, 2.05) is 12.1 Å². The van der Waals surface area contributed by atoms with Gasteiger partial charge < -0.3 is 5.11 Å². The van der Waals surface area contributed by atoms with Crippen molar-refractivity contribution in [2.75, 3.05) is 6.61 Å². The lowest BCUT2D eigenvalue weighted by atomic mass is 9.99. The van der Waals surface area contributed by atoms with Crippen molar-refractivity contribution in [3.8, 4) is 0 Å². The Hall–Kier alpha value is -0.340. The van der Waals surface area contributed by atoms with Gasteiger partial charge in [-0.25, -0.2) is 0 Å². The Morgan fingerprint density at radius 3 is 2.85 bits per heavy atom. The van der Waals surface area contributed by atoms with E-state index in [9.17, 15) is 0 Å². The van der Waals surface area contributed by atoms with Crippen LogP contribution in [0.2, 0.25) is 0 Å². The molecule has 0 saturated carbocycles. The van der Waals surface area contributed by atoms with Crippen molar-refractivity contribution in [3.63, 3.8) is 0 Å². The predicted octanol–water partition coefficient (Wildman–Crippen LogP) is 3.01. The second-order valence-electron chi connectivity index (χ2n) is 3.45. The highest BCUT2D eigenvalue weighted by molar-refractivity contribution is 9.10. The summed E-state index contributed by atoms with van der Waals surface area (Å²) < 4.78 is 1.13. The van der Waals surface area contributed by atoms with Gasteiger partial charge in [0.05, 0.1) is 0 Å². The molecule has 0 aromatic heterocycles. The summed E-state index contributed by atoms with van der Waals surface area (Å²) in [5.41, 5.74) is 1.33. The first-order valence-corrected chi connectivity index (χ1v) is 5.37. The lowest BCUT2D eigenvalue weighted by molar-refractivity contribution is 0.262. The van der Waals surface area contributed by atoms with Gasteiger partial charge >= 0.3 is 0 Å². The van der Waals surface area contributed by atoms with Gasteiger partial charge in [0.15, 0.2) is 0 Å². The van der Waals surface area contributed by atoms with E-state index in [4.69, 9.17) is 5.11 Å². The minimum atomic E-state index is 0.287. The first kappa shape index (κ1) is 10.7. The van der Waals surface area contributed by atoms with Crippen LogP contribution in [-0.2, 0) is 6.42 Å². The second kappa shape index (κ2) is 5.40. The first-order chi connectivity index (χ1) is 6.22. The van der Waals surface area contributed by atoms with Gasteiger partial charge in [0.25, 0.3) is 0 Å². The minimum absolute atomic E-state index is 0.287. The van der Waals surface area contributed by atoms with E-state index in [2.05, 4.69) is 35.0 Å². The zero-order valence-electron chi connectivity index (χ0n) is 7.83. The molecule has 72 valence electrons. The van der Waals surface area contributed by atoms with Gasteiger partial charge in [0.1, 0.15) is 0 Å². The maximum atomic E-state index is 8.76. The van der Waals surface area contributed by atoms with Gasteiger partial charge in [-0.15, -0.1) is 0 Å². The molecule has 1 aromatic rings. The number of rotatable bonds is 4. The van der Waals surface area contributed by atoms with Crippen molar-refractivity contribution < 1.29 is 5.11 Å². The molecule has 2 heteroatoms. The van der Waals surface area contributed by atoms with Crippen molar-refractivity contribution in [2.24, 2.45) is 5.92 Å². The molecule has 1 atom stereocenters. The predicted molar refractivity (Wildman–Crippen MR) is 58.7 cm³/mol. The molecule has 1 N–H and O–H groups in total. The quantitative estimate of drug-likeness (QED) is 0.861. The normalized spacial score (nSPS) is 12.8. The molecule has 0 aliphatic rings. The first-order valence-electron chi connectivity index (χ1n) is 4.57. The van der Waals surface area contributed by atoms with E-state index in [1.54, 1.807) is 0 Å². The summed E-state index contributed by atoms with van der Waals surface area (Å²) in [5.74, 6) is 0.555. The smallest absolute Gasteiger partial charge is 0.0433 e. The highest BCUT2D eigenvalue weighted by atomic mass is 79.9. The summed E-state index contributed by atoms with van der Waals surface area (Å²) in [7, 11) is 0. The molecule has 1 unspecified atom stereocenters. The fourth-order valence-corrected chi connectivity index (χ4v) is 1.84. The fraction of sp³-hybridized carbons (Fsp3) is 0.455. The lowest BCUT2D eigenvalue weighted by Crippen LogP contribution is -2.01. The Bertz CT molecular complexity index is 260. The molecule has 0 bridgehead atoms. The van der Waals surface area contributed by atoms with Crippen LogP contribution in [0.1, 0.15) is 18.9 Å². The number of hydrogen-bond acceptors (Lipinski definition) is 1. The highest BCUT2D eigenvalue weighted by Gasteiger charge is 2.02. The Kier molecular flexibility index (Phi) is 4.46. The number of benzene rings is 1.